The summed E-state index contributed by atoms with van der Waals surface area (Å²) in [6.45, 7) is 2.82. The first kappa shape index (κ1) is 18.1. The molecule has 0 unspecified atom stereocenters. The third-order valence-electron chi connectivity index (χ3n) is 4.85. The molecule has 136 valence electrons. The third-order valence-corrected chi connectivity index (χ3v) is 4.85. The van der Waals surface area contributed by atoms with E-state index in [2.05, 4.69) is 5.32 Å². The molecule has 26 heavy (non-hydrogen) atoms. The predicted octanol–water partition coefficient (Wildman–Crippen LogP) is 3.52. The predicted molar refractivity (Wildman–Crippen MR) is 94.9 cm³/mol. The minimum Gasteiger partial charge on any atom is -0.478 e. The van der Waals surface area contributed by atoms with Crippen LogP contribution in [0.3, 0.4) is 0 Å². The van der Waals surface area contributed by atoms with Crippen molar-refractivity contribution in [3.8, 4) is 0 Å². The molecular formula is C20H20FNO4. The van der Waals surface area contributed by atoms with Crippen molar-refractivity contribution in [2.24, 2.45) is 0 Å². The summed E-state index contributed by atoms with van der Waals surface area (Å²) in [6.07, 6.45) is 0.949. The number of halogens is 1. The van der Waals surface area contributed by atoms with Gasteiger partial charge >= 0.3 is 5.97 Å². The first-order chi connectivity index (χ1) is 12.4. The van der Waals surface area contributed by atoms with Crippen LogP contribution < -0.4 is 5.32 Å². The van der Waals surface area contributed by atoms with Gasteiger partial charge in [0.05, 0.1) is 16.7 Å². The van der Waals surface area contributed by atoms with E-state index in [1.165, 1.54) is 0 Å². The minimum absolute atomic E-state index is 0.0851. The number of hydrogen-bond donors (Lipinski definition) is 2. The van der Waals surface area contributed by atoms with E-state index in [1.54, 1.807) is 0 Å². The van der Waals surface area contributed by atoms with Gasteiger partial charge in [-0.25, -0.2) is 9.18 Å². The molecule has 3 rings (SSSR count). The summed E-state index contributed by atoms with van der Waals surface area (Å²) in [5, 5.41) is 11.7. The third kappa shape index (κ3) is 3.46. The van der Waals surface area contributed by atoms with Gasteiger partial charge in [0.2, 0.25) is 5.91 Å². The Morgan fingerprint density at radius 3 is 2.38 bits per heavy atom. The zero-order valence-electron chi connectivity index (χ0n) is 14.4. The fourth-order valence-electron chi connectivity index (χ4n) is 3.24. The van der Waals surface area contributed by atoms with Crippen molar-refractivity contribution >= 4 is 17.6 Å². The van der Waals surface area contributed by atoms with Crippen LogP contribution in [0.5, 0.6) is 0 Å². The summed E-state index contributed by atoms with van der Waals surface area (Å²) in [6, 6.07) is 11.0. The molecule has 1 aliphatic rings. The summed E-state index contributed by atoms with van der Waals surface area (Å²) >= 11 is 0. The number of aromatic carboxylic acids is 1. The Kier molecular flexibility index (Phi) is 5.04. The number of carboxylic acid groups (broad SMARTS) is 1. The van der Waals surface area contributed by atoms with Crippen LogP contribution in [0.25, 0.3) is 0 Å². The van der Waals surface area contributed by atoms with Gasteiger partial charge in [0.1, 0.15) is 5.82 Å². The molecule has 0 saturated carbocycles. The Bertz CT molecular complexity index is 826. The SMILES string of the molecule is Cc1ccc(C2(C(=O)Nc3cc(C(=O)O)ccc3F)CCOCC2)cc1. The molecule has 2 aromatic rings. The van der Waals surface area contributed by atoms with Crippen molar-refractivity contribution in [1.29, 1.82) is 0 Å². The van der Waals surface area contributed by atoms with Gasteiger partial charge < -0.3 is 15.2 Å². The molecule has 1 fully saturated rings. The number of benzene rings is 2. The topological polar surface area (TPSA) is 75.6 Å². The van der Waals surface area contributed by atoms with Crippen molar-refractivity contribution in [3.05, 3.63) is 65.0 Å². The number of carboxylic acids is 1. The maximum atomic E-state index is 14.1. The summed E-state index contributed by atoms with van der Waals surface area (Å²) in [5.41, 5.74) is 0.874. The number of rotatable bonds is 4. The number of carbonyl (C=O) groups is 2. The van der Waals surface area contributed by atoms with Crippen LogP contribution in [0.1, 0.15) is 34.3 Å². The summed E-state index contributed by atoms with van der Waals surface area (Å²) in [7, 11) is 0. The number of nitrogens with one attached hydrogen (secondary N) is 1. The van der Waals surface area contributed by atoms with E-state index in [0.717, 1.165) is 29.3 Å². The molecular weight excluding hydrogens is 337 g/mol. The number of aryl methyl sites for hydroxylation is 1. The van der Waals surface area contributed by atoms with Gasteiger partial charge in [0.15, 0.2) is 0 Å². The molecule has 0 aromatic heterocycles. The van der Waals surface area contributed by atoms with Crippen LogP contribution in [0.15, 0.2) is 42.5 Å². The zero-order chi connectivity index (χ0) is 18.7. The van der Waals surface area contributed by atoms with Gasteiger partial charge in [-0.2, -0.15) is 0 Å². The molecule has 0 atom stereocenters. The molecule has 5 nitrogen and oxygen atoms in total. The number of carbonyl (C=O) groups excluding carboxylic acids is 1. The van der Waals surface area contributed by atoms with Gasteiger partial charge in [-0.05, 0) is 43.5 Å². The molecule has 0 aliphatic carbocycles. The van der Waals surface area contributed by atoms with E-state index < -0.39 is 17.2 Å². The van der Waals surface area contributed by atoms with Gasteiger partial charge in [-0.3, -0.25) is 4.79 Å². The van der Waals surface area contributed by atoms with E-state index in [-0.39, 0.29) is 17.2 Å². The molecule has 2 N–H and O–H groups in total. The van der Waals surface area contributed by atoms with Crippen LogP contribution in [0.4, 0.5) is 10.1 Å². The first-order valence-electron chi connectivity index (χ1n) is 8.41. The molecule has 0 spiro atoms. The number of ether oxygens (including phenoxy) is 1. The minimum atomic E-state index is -1.18. The highest BCUT2D eigenvalue weighted by atomic mass is 19.1. The average molecular weight is 357 g/mol. The lowest BCUT2D eigenvalue weighted by atomic mass is 9.73. The standard InChI is InChI=1S/C20H20FNO4/c1-13-2-5-15(6-3-13)20(8-10-26-11-9-20)19(25)22-17-12-14(18(23)24)4-7-16(17)21/h2-7,12H,8-11H2,1H3,(H,22,25)(H,23,24). The molecule has 1 heterocycles. The highest BCUT2D eigenvalue weighted by molar-refractivity contribution is 6.00. The number of amides is 1. The smallest absolute Gasteiger partial charge is 0.335 e. The number of hydrogen-bond acceptors (Lipinski definition) is 3. The van der Waals surface area contributed by atoms with E-state index in [4.69, 9.17) is 9.84 Å². The Hall–Kier alpha value is -2.73. The Balaban J connectivity index is 1.95. The van der Waals surface area contributed by atoms with Crippen LogP contribution >= 0.6 is 0 Å². The van der Waals surface area contributed by atoms with E-state index in [0.29, 0.717) is 26.1 Å². The van der Waals surface area contributed by atoms with Gasteiger partial charge in [-0.1, -0.05) is 29.8 Å². The van der Waals surface area contributed by atoms with Crippen LogP contribution in [-0.2, 0) is 14.9 Å². The van der Waals surface area contributed by atoms with Gasteiger partial charge in [0, 0.05) is 13.2 Å². The Morgan fingerprint density at radius 2 is 1.77 bits per heavy atom. The molecule has 1 amide bonds. The van der Waals surface area contributed by atoms with Crippen LogP contribution in [-0.4, -0.2) is 30.2 Å². The number of anilines is 1. The van der Waals surface area contributed by atoms with Crippen LogP contribution in [0, 0.1) is 12.7 Å². The van der Waals surface area contributed by atoms with Gasteiger partial charge in [0.25, 0.3) is 0 Å². The average Bonchev–Trinajstić information content (AvgIpc) is 2.64. The fourth-order valence-corrected chi connectivity index (χ4v) is 3.24. The molecule has 6 heteroatoms. The second-order valence-electron chi connectivity index (χ2n) is 6.51. The highest BCUT2D eigenvalue weighted by Crippen LogP contribution is 2.36. The fraction of sp³-hybridized carbons (Fsp3) is 0.300. The van der Waals surface area contributed by atoms with E-state index in [9.17, 15) is 14.0 Å². The Labute approximate surface area is 150 Å². The maximum Gasteiger partial charge on any atom is 0.335 e. The maximum absolute atomic E-state index is 14.1. The van der Waals surface area contributed by atoms with Crippen molar-refractivity contribution in [1.82, 2.24) is 0 Å². The summed E-state index contributed by atoms with van der Waals surface area (Å²) < 4.78 is 19.5. The van der Waals surface area contributed by atoms with Crippen molar-refractivity contribution in [3.63, 3.8) is 0 Å². The molecule has 0 bridgehead atoms. The van der Waals surface area contributed by atoms with E-state index in [1.807, 2.05) is 31.2 Å². The largest absolute Gasteiger partial charge is 0.478 e. The van der Waals surface area contributed by atoms with Crippen molar-refractivity contribution in [2.75, 3.05) is 18.5 Å². The van der Waals surface area contributed by atoms with Crippen LogP contribution in [0.2, 0.25) is 0 Å². The summed E-state index contributed by atoms with van der Waals surface area (Å²) in [5.74, 6) is -2.21. The summed E-state index contributed by atoms with van der Waals surface area (Å²) in [4.78, 5) is 24.2. The Morgan fingerprint density at radius 1 is 1.12 bits per heavy atom. The second-order valence-corrected chi connectivity index (χ2v) is 6.51. The zero-order valence-corrected chi connectivity index (χ0v) is 14.4. The van der Waals surface area contributed by atoms with E-state index >= 15 is 0 Å². The molecule has 0 radical (unpaired) electrons. The molecule has 1 saturated heterocycles. The molecule has 1 aliphatic heterocycles. The molecule has 2 aromatic carbocycles. The van der Waals surface area contributed by atoms with Gasteiger partial charge in [-0.15, -0.1) is 0 Å². The second kappa shape index (κ2) is 7.25. The highest BCUT2D eigenvalue weighted by Gasteiger charge is 2.42. The lowest BCUT2D eigenvalue weighted by molar-refractivity contribution is -0.125. The lowest BCUT2D eigenvalue weighted by Gasteiger charge is -2.36. The monoisotopic (exact) mass is 357 g/mol. The van der Waals surface area contributed by atoms with Crippen molar-refractivity contribution in [2.45, 2.75) is 25.2 Å². The quantitative estimate of drug-likeness (QED) is 0.878. The van der Waals surface area contributed by atoms with Crippen molar-refractivity contribution < 1.29 is 23.8 Å². The normalized spacial score (nSPS) is 16.1. The lowest BCUT2D eigenvalue weighted by Crippen LogP contribution is -2.45. The first-order valence-corrected chi connectivity index (χ1v) is 8.41.